The lowest BCUT2D eigenvalue weighted by atomic mass is 9.97. The fraction of sp³-hybridized carbons (Fsp3) is 0.471. The normalized spacial score (nSPS) is 17.4. The van der Waals surface area contributed by atoms with Gasteiger partial charge in [0.2, 0.25) is 17.7 Å². The number of nitrogens with zero attached hydrogens (tertiary/aromatic N) is 2. The van der Waals surface area contributed by atoms with Crippen molar-refractivity contribution in [2.45, 2.75) is 12.8 Å². The number of carbonyl (C=O) groups excluding carboxylic acids is 3. The van der Waals surface area contributed by atoms with Gasteiger partial charge in [-0.05, 0) is 32.0 Å². The van der Waals surface area contributed by atoms with Gasteiger partial charge in [-0.25, -0.2) is 0 Å². The molecule has 3 N–H and O–H groups in total. The Bertz CT molecular complexity index is 653. The van der Waals surface area contributed by atoms with Gasteiger partial charge in [0.05, 0.1) is 29.7 Å². The van der Waals surface area contributed by atoms with Crippen LogP contribution in [0.4, 0.5) is 5.69 Å². The maximum absolute atomic E-state index is 12.3. The summed E-state index contributed by atoms with van der Waals surface area (Å²) >= 11 is 6.00. The number of nitrogens with two attached hydrogens (primary N) is 1. The highest BCUT2D eigenvalue weighted by Crippen LogP contribution is 2.20. The molecular weight excluding hydrogens is 344 g/mol. The molecule has 1 aliphatic rings. The van der Waals surface area contributed by atoms with E-state index in [0.717, 1.165) is 12.8 Å². The highest BCUT2D eigenvalue weighted by Gasteiger charge is 2.27. The number of likely N-dealkylation sites (tertiary alicyclic amines) is 1. The maximum Gasteiger partial charge on any atom is 0.238 e. The van der Waals surface area contributed by atoms with Crippen LogP contribution in [0.1, 0.15) is 12.8 Å². The number of piperidine rings is 1. The number of hydrogen-bond acceptors (Lipinski definition) is 4. The van der Waals surface area contributed by atoms with E-state index in [2.05, 4.69) is 5.32 Å². The van der Waals surface area contributed by atoms with Gasteiger partial charge >= 0.3 is 0 Å². The molecule has 0 aliphatic carbocycles. The molecule has 3 amide bonds. The molecule has 1 fully saturated rings. The Hall–Kier alpha value is -2.12. The Morgan fingerprint density at radius 2 is 2.04 bits per heavy atom. The van der Waals surface area contributed by atoms with E-state index in [9.17, 15) is 14.4 Å². The van der Waals surface area contributed by atoms with Crippen molar-refractivity contribution in [1.82, 2.24) is 9.80 Å². The Balaban J connectivity index is 1.82. The number of halogens is 1. The van der Waals surface area contributed by atoms with Crippen LogP contribution in [0, 0.1) is 5.92 Å². The van der Waals surface area contributed by atoms with Crippen molar-refractivity contribution < 1.29 is 14.4 Å². The van der Waals surface area contributed by atoms with E-state index in [4.69, 9.17) is 17.3 Å². The summed E-state index contributed by atoms with van der Waals surface area (Å²) in [5, 5.41) is 3.18. The van der Waals surface area contributed by atoms with Crippen molar-refractivity contribution in [3.63, 3.8) is 0 Å². The summed E-state index contributed by atoms with van der Waals surface area (Å²) in [6.45, 7) is 1.13. The molecule has 25 heavy (non-hydrogen) atoms. The first-order valence-electron chi connectivity index (χ1n) is 8.17. The van der Waals surface area contributed by atoms with Crippen molar-refractivity contribution in [3.8, 4) is 0 Å². The number of nitrogens with one attached hydrogen (secondary N) is 1. The van der Waals surface area contributed by atoms with Gasteiger partial charge in [-0.1, -0.05) is 23.7 Å². The van der Waals surface area contributed by atoms with Crippen molar-refractivity contribution in [2.24, 2.45) is 11.7 Å². The second-order valence-electron chi connectivity index (χ2n) is 6.28. The molecule has 136 valence electrons. The molecule has 8 heteroatoms. The maximum atomic E-state index is 12.3. The van der Waals surface area contributed by atoms with E-state index in [1.54, 1.807) is 41.1 Å². The third-order valence-corrected chi connectivity index (χ3v) is 4.47. The van der Waals surface area contributed by atoms with Crippen LogP contribution in [-0.4, -0.2) is 60.7 Å². The van der Waals surface area contributed by atoms with Crippen molar-refractivity contribution in [3.05, 3.63) is 29.3 Å². The lowest BCUT2D eigenvalue weighted by Crippen LogP contribution is -2.47. The molecule has 2 rings (SSSR count). The average molecular weight is 367 g/mol. The van der Waals surface area contributed by atoms with Crippen molar-refractivity contribution in [2.75, 3.05) is 38.5 Å². The number of benzene rings is 1. The lowest BCUT2D eigenvalue weighted by molar-refractivity contribution is -0.135. The summed E-state index contributed by atoms with van der Waals surface area (Å²) < 4.78 is 0. The minimum absolute atomic E-state index is 0.0596. The van der Waals surface area contributed by atoms with Crippen LogP contribution >= 0.6 is 11.6 Å². The largest absolute Gasteiger partial charge is 0.369 e. The van der Waals surface area contributed by atoms with Crippen LogP contribution in [0.5, 0.6) is 0 Å². The molecule has 0 unspecified atom stereocenters. The zero-order valence-electron chi connectivity index (χ0n) is 14.2. The minimum atomic E-state index is -0.370. The first-order chi connectivity index (χ1) is 11.9. The molecule has 0 radical (unpaired) electrons. The highest BCUT2D eigenvalue weighted by molar-refractivity contribution is 6.33. The van der Waals surface area contributed by atoms with Crippen LogP contribution in [0.2, 0.25) is 5.02 Å². The van der Waals surface area contributed by atoms with Crippen molar-refractivity contribution in [1.29, 1.82) is 0 Å². The topological polar surface area (TPSA) is 95.7 Å². The van der Waals surface area contributed by atoms with Gasteiger partial charge in [0.1, 0.15) is 0 Å². The Morgan fingerprint density at radius 1 is 1.32 bits per heavy atom. The zero-order chi connectivity index (χ0) is 18.4. The number of anilines is 1. The van der Waals surface area contributed by atoms with Gasteiger partial charge in [0.15, 0.2) is 0 Å². The Morgan fingerprint density at radius 3 is 2.72 bits per heavy atom. The van der Waals surface area contributed by atoms with Gasteiger partial charge in [-0.15, -0.1) is 0 Å². The fourth-order valence-electron chi connectivity index (χ4n) is 2.82. The van der Waals surface area contributed by atoms with Gasteiger partial charge in [0.25, 0.3) is 0 Å². The van der Waals surface area contributed by atoms with Crippen LogP contribution < -0.4 is 11.1 Å². The predicted molar refractivity (Wildman–Crippen MR) is 96.1 cm³/mol. The average Bonchev–Trinajstić information content (AvgIpc) is 2.56. The first kappa shape index (κ1) is 19.2. The molecule has 1 atom stereocenters. The molecule has 0 bridgehead atoms. The van der Waals surface area contributed by atoms with E-state index in [1.807, 2.05) is 0 Å². The Labute approximate surface area is 152 Å². The monoisotopic (exact) mass is 366 g/mol. The van der Waals surface area contributed by atoms with Gasteiger partial charge in [-0.2, -0.15) is 0 Å². The van der Waals surface area contributed by atoms with Crippen molar-refractivity contribution >= 4 is 35.0 Å². The molecule has 0 spiro atoms. The summed E-state index contributed by atoms with van der Waals surface area (Å²) in [5.41, 5.74) is 5.87. The molecule has 1 aromatic carbocycles. The summed E-state index contributed by atoms with van der Waals surface area (Å²) in [5.74, 6) is -1.02. The van der Waals surface area contributed by atoms with Crippen LogP contribution in [0.15, 0.2) is 24.3 Å². The van der Waals surface area contributed by atoms with Crippen LogP contribution in [0.3, 0.4) is 0 Å². The number of para-hydroxylation sites is 1. The van der Waals surface area contributed by atoms with E-state index < -0.39 is 0 Å². The minimum Gasteiger partial charge on any atom is -0.369 e. The van der Waals surface area contributed by atoms with Gasteiger partial charge in [-0.3, -0.25) is 19.3 Å². The van der Waals surface area contributed by atoms with E-state index >= 15 is 0 Å². The second-order valence-corrected chi connectivity index (χ2v) is 6.69. The molecule has 0 saturated carbocycles. The molecule has 0 aromatic heterocycles. The number of primary amides is 1. The van der Waals surface area contributed by atoms with Gasteiger partial charge in [0, 0.05) is 13.1 Å². The van der Waals surface area contributed by atoms with Crippen LogP contribution in [-0.2, 0) is 14.4 Å². The van der Waals surface area contributed by atoms with E-state index in [0.29, 0.717) is 23.8 Å². The van der Waals surface area contributed by atoms with Crippen LogP contribution in [0.25, 0.3) is 0 Å². The number of rotatable bonds is 6. The van der Waals surface area contributed by atoms with E-state index in [-0.39, 0.29) is 36.7 Å². The molecule has 1 saturated heterocycles. The summed E-state index contributed by atoms with van der Waals surface area (Å²) in [6.07, 6.45) is 1.48. The summed E-state index contributed by atoms with van der Waals surface area (Å²) in [6, 6.07) is 6.96. The molecule has 7 nitrogen and oxygen atoms in total. The van der Waals surface area contributed by atoms with Gasteiger partial charge < -0.3 is 16.0 Å². The number of likely N-dealkylation sites (N-methyl/N-ethyl adjacent to an activating group) is 1. The molecular formula is C17H23ClN4O3. The zero-order valence-corrected chi connectivity index (χ0v) is 15.0. The predicted octanol–water partition coefficient (Wildman–Crippen LogP) is 0.934. The highest BCUT2D eigenvalue weighted by atomic mass is 35.5. The summed E-state index contributed by atoms with van der Waals surface area (Å²) in [4.78, 5) is 39.0. The molecule has 1 heterocycles. The van der Waals surface area contributed by atoms with E-state index in [1.165, 1.54) is 0 Å². The lowest BCUT2D eigenvalue weighted by Gasteiger charge is -2.32. The number of carbonyl (C=O) groups is 3. The fourth-order valence-corrected chi connectivity index (χ4v) is 3.00. The SMILES string of the molecule is CN(CC(=O)Nc1ccccc1Cl)CC(=O)N1CCC[C@@H](C(N)=O)C1. The number of hydrogen-bond donors (Lipinski definition) is 2. The third-order valence-electron chi connectivity index (χ3n) is 4.14. The standard InChI is InChI=1S/C17H23ClN4O3/c1-21(10-15(23)20-14-7-3-2-6-13(14)18)11-16(24)22-8-4-5-12(9-22)17(19)25/h2-3,6-7,12H,4-5,8-11H2,1H3,(H2,19,25)(H,20,23)/t12-/m1/s1. The smallest absolute Gasteiger partial charge is 0.238 e. The number of amides is 3. The molecule has 1 aliphatic heterocycles. The quantitative estimate of drug-likeness (QED) is 0.783. The molecule has 1 aromatic rings. The summed E-state index contributed by atoms with van der Waals surface area (Å²) in [7, 11) is 1.69. The third kappa shape index (κ3) is 5.72. The first-order valence-corrected chi connectivity index (χ1v) is 8.54. The Kier molecular flexibility index (Phi) is 6.78. The second kappa shape index (κ2) is 8.82.